The van der Waals surface area contributed by atoms with E-state index in [1.54, 1.807) is 40.6 Å². The average molecular weight is 356 g/mol. The maximum Gasteiger partial charge on any atom is 0.203 e. The lowest BCUT2D eigenvalue weighted by atomic mass is 10.0. The summed E-state index contributed by atoms with van der Waals surface area (Å²) in [6.45, 7) is 0. The smallest absolute Gasteiger partial charge is 0.203 e. The predicted molar refractivity (Wildman–Crippen MR) is 95.7 cm³/mol. The number of benzene rings is 2. The minimum atomic E-state index is -0.595. The van der Waals surface area contributed by atoms with Gasteiger partial charge >= 0.3 is 0 Å². The van der Waals surface area contributed by atoms with Crippen LogP contribution in [0.4, 0.5) is 0 Å². The molecule has 0 spiro atoms. The second-order valence-corrected chi connectivity index (χ2v) is 5.51. The quantitative estimate of drug-likeness (QED) is 0.628. The Kier molecular flexibility index (Phi) is 4.92. The van der Waals surface area contributed by atoms with Gasteiger partial charge in [-0.2, -0.15) is 10.2 Å². The summed E-state index contributed by atoms with van der Waals surface area (Å²) in [4.78, 5) is 0. The van der Waals surface area contributed by atoms with Gasteiger partial charge in [0.2, 0.25) is 5.75 Å². The molecule has 1 unspecified atom stereocenters. The third-order valence-electron chi connectivity index (χ3n) is 4.20. The van der Waals surface area contributed by atoms with E-state index in [1.165, 1.54) is 0 Å². The Bertz CT molecular complexity index is 913. The van der Waals surface area contributed by atoms with Crippen LogP contribution in [0.15, 0.2) is 35.4 Å². The molecule has 1 atom stereocenters. The van der Waals surface area contributed by atoms with E-state index in [0.29, 0.717) is 28.7 Å². The first-order valence-electron chi connectivity index (χ1n) is 7.85. The van der Waals surface area contributed by atoms with Crippen LogP contribution in [-0.2, 0) is 0 Å². The Balaban J connectivity index is 2.14. The van der Waals surface area contributed by atoms with Gasteiger partial charge in [-0.25, -0.2) is 5.53 Å². The van der Waals surface area contributed by atoms with Crippen LogP contribution in [0, 0.1) is 5.53 Å². The van der Waals surface area contributed by atoms with E-state index in [9.17, 15) is 0 Å². The highest BCUT2D eigenvalue weighted by Crippen LogP contribution is 2.42. The molecular weight excluding hydrogens is 336 g/mol. The minimum absolute atomic E-state index is 0.488. The van der Waals surface area contributed by atoms with E-state index in [1.807, 2.05) is 18.2 Å². The lowest BCUT2D eigenvalue weighted by Crippen LogP contribution is -2.02. The van der Waals surface area contributed by atoms with Crippen molar-refractivity contribution in [3.63, 3.8) is 0 Å². The number of hydrogen-bond acceptors (Lipinski definition) is 7. The summed E-state index contributed by atoms with van der Waals surface area (Å²) in [6, 6.07) is 8.52. The second-order valence-electron chi connectivity index (χ2n) is 5.51. The number of nitrogens with zero attached hydrogens (tertiary/aromatic N) is 2. The van der Waals surface area contributed by atoms with Crippen molar-refractivity contribution in [2.75, 3.05) is 28.4 Å². The molecule has 0 aliphatic carbocycles. The summed E-state index contributed by atoms with van der Waals surface area (Å²) >= 11 is 0. The number of nitrogens with one attached hydrogen (secondary N) is 2. The third kappa shape index (κ3) is 2.90. The summed E-state index contributed by atoms with van der Waals surface area (Å²) in [5.74, 6) is 2.20. The van der Waals surface area contributed by atoms with Gasteiger partial charge in [-0.1, -0.05) is 0 Å². The van der Waals surface area contributed by atoms with Crippen molar-refractivity contribution in [1.82, 2.24) is 10.2 Å². The molecule has 8 nitrogen and oxygen atoms in total. The first-order valence-corrected chi connectivity index (χ1v) is 7.85. The summed E-state index contributed by atoms with van der Waals surface area (Å²) in [6.07, 6.45) is 0. The molecule has 1 heterocycles. The standard InChI is InChI=1S/C18H20N4O4/c1-23-11-5-6-12-13(9-11)21-22-17(12)16(20-19)10-7-14(24-2)18(26-4)15(8-10)25-3/h5-9,16,19H,1-4H3,(H,21,22). The van der Waals surface area contributed by atoms with Crippen molar-refractivity contribution in [2.24, 2.45) is 5.11 Å². The fourth-order valence-corrected chi connectivity index (χ4v) is 2.91. The van der Waals surface area contributed by atoms with Crippen LogP contribution in [0.3, 0.4) is 0 Å². The Morgan fingerprint density at radius 2 is 1.65 bits per heavy atom. The highest BCUT2D eigenvalue weighted by atomic mass is 16.5. The zero-order valence-corrected chi connectivity index (χ0v) is 15.0. The van der Waals surface area contributed by atoms with Crippen LogP contribution in [-0.4, -0.2) is 38.6 Å². The van der Waals surface area contributed by atoms with E-state index >= 15 is 0 Å². The molecular formula is C18H20N4O4. The number of H-pyrrole nitrogens is 1. The molecule has 0 saturated carbocycles. The molecule has 0 saturated heterocycles. The Morgan fingerprint density at radius 3 is 2.19 bits per heavy atom. The van der Waals surface area contributed by atoms with Crippen molar-refractivity contribution in [3.8, 4) is 23.0 Å². The van der Waals surface area contributed by atoms with Gasteiger partial charge in [-0.15, -0.1) is 0 Å². The second kappa shape index (κ2) is 7.30. The molecule has 0 aliphatic rings. The molecule has 0 aliphatic heterocycles. The molecule has 2 N–H and O–H groups in total. The van der Waals surface area contributed by atoms with Gasteiger partial charge in [-0.3, -0.25) is 5.10 Å². The zero-order chi connectivity index (χ0) is 18.7. The molecule has 0 radical (unpaired) electrons. The number of hydrogen-bond donors (Lipinski definition) is 2. The highest BCUT2D eigenvalue weighted by molar-refractivity contribution is 5.83. The van der Waals surface area contributed by atoms with Crippen molar-refractivity contribution in [1.29, 1.82) is 5.53 Å². The molecule has 2 aromatic carbocycles. The number of ether oxygens (including phenoxy) is 4. The molecule has 26 heavy (non-hydrogen) atoms. The Labute approximate surface area is 150 Å². The van der Waals surface area contributed by atoms with Gasteiger partial charge in [-0.05, 0) is 29.8 Å². The zero-order valence-electron chi connectivity index (χ0n) is 15.0. The van der Waals surface area contributed by atoms with Gasteiger partial charge in [0.25, 0.3) is 0 Å². The van der Waals surface area contributed by atoms with Crippen LogP contribution >= 0.6 is 0 Å². The lowest BCUT2D eigenvalue weighted by Gasteiger charge is -2.16. The van der Waals surface area contributed by atoms with Crippen molar-refractivity contribution in [3.05, 3.63) is 41.6 Å². The predicted octanol–water partition coefficient (Wildman–Crippen LogP) is 3.72. The van der Waals surface area contributed by atoms with Crippen LogP contribution in [0.2, 0.25) is 0 Å². The van der Waals surface area contributed by atoms with Crippen molar-refractivity contribution < 1.29 is 18.9 Å². The minimum Gasteiger partial charge on any atom is -0.497 e. The molecule has 8 heteroatoms. The van der Waals surface area contributed by atoms with E-state index in [4.69, 9.17) is 24.5 Å². The monoisotopic (exact) mass is 356 g/mol. The molecule has 0 bridgehead atoms. The number of methoxy groups -OCH3 is 4. The number of aromatic nitrogens is 2. The maximum atomic E-state index is 7.72. The van der Waals surface area contributed by atoms with Crippen LogP contribution in [0.5, 0.6) is 23.0 Å². The van der Waals surface area contributed by atoms with E-state index in [0.717, 1.165) is 16.5 Å². The summed E-state index contributed by atoms with van der Waals surface area (Å²) in [7, 11) is 6.24. The lowest BCUT2D eigenvalue weighted by molar-refractivity contribution is 0.323. The molecule has 0 fully saturated rings. The van der Waals surface area contributed by atoms with Crippen LogP contribution < -0.4 is 18.9 Å². The topological polar surface area (TPSA) is 102 Å². The molecule has 1 aromatic heterocycles. The first-order chi connectivity index (χ1) is 12.7. The molecule has 136 valence electrons. The fraction of sp³-hybridized carbons (Fsp3) is 0.278. The van der Waals surface area contributed by atoms with Gasteiger partial charge in [0, 0.05) is 11.5 Å². The van der Waals surface area contributed by atoms with Gasteiger partial charge < -0.3 is 18.9 Å². The van der Waals surface area contributed by atoms with Crippen molar-refractivity contribution >= 4 is 10.9 Å². The van der Waals surface area contributed by atoms with Crippen molar-refractivity contribution in [2.45, 2.75) is 6.04 Å². The average Bonchev–Trinajstić information content (AvgIpc) is 3.10. The fourth-order valence-electron chi connectivity index (χ4n) is 2.91. The molecule has 3 rings (SSSR count). The maximum absolute atomic E-state index is 7.72. The van der Waals surface area contributed by atoms with E-state index < -0.39 is 6.04 Å². The van der Waals surface area contributed by atoms with Gasteiger partial charge in [0.05, 0.1) is 39.6 Å². The normalized spacial score (nSPS) is 11.8. The Hall–Kier alpha value is -3.29. The summed E-state index contributed by atoms with van der Waals surface area (Å²) < 4.78 is 21.4. The SMILES string of the molecule is COc1ccc2c(C(N=N)c3cc(OC)c(OC)c(OC)c3)[nH]nc2c1. The number of aromatic amines is 1. The van der Waals surface area contributed by atoms with Crippen LogP contribution in [0.25, 0.3) is 10.9 Å². The first kappa shape index (κ1) is 17.5. The van der Waals surface area contributed by atoms with Gasteiger partial charge in [0.1, 0.15) is 11.8 Å². The van der Waals surface area contributed by atoms with Gasteiger partial charge in [0.15, 0.2) is 11.5 Å². The summed E-state index contributed by atoms with van der Waals surface area (Å²) in [5.41, 5.74) is 9.88. The highest BCUT2D eigenvalue weighted by Gasteiger charge is 2.23. The van der Waals surface area contributed by atoms with E-state index in [2.05, 4.69) is 15.3 Å². The molecule has 3 aromatic rings. The molecule has 0 amide bonds. The largest absolute Gasteiger partial charge is 0.497 e. The summed E-state index contributed by atoms with van der Waals surface area (Å²) in [5, 5.41) is 11.9. The third-order valence-corrected chi connectivity index (χ3v) is 4.20. The Morgan fingerprint density at radius 1 is 0.962 bits per heavy atom. The number of rotatable bonds is 7. The van der Waals surface area contributed by atoms with E-state index in [-0.39, 0.29) is 0 Å². The van der Waals surface area contributed by atoms with Crippen LogP contribution in [0.1, 0.15) is 17.3 Å². The number of fused-ring (bicyclic) bond motifs is 1.